The molecule has 0 heterocycles. The molecule has 0 bridgehead atoms. The SMILES string of the molecule is CCCCN(c1ccc(Cl)cc1)c1ccc(C(=C2C=CC(=[N+](CCCC)c3ccc(Cl)cc3)C=C2)c2ccccc2S(=O)(=O)[O-])cc1. The summed E-state index contributed by atoms with van der Waals surface area (Å²) in [6.45, 7) is 5.98. The summed E-state index contributed by atoms with van der Waals surface area (Å²) in [6, 6.07) is 30.0. The van der Waals surface area contributed by atoms with Crippen molar-refractivity contribution in [3.05, 3.63) is 148 Å². The number of rotatable bonds is 12. The van der Waals surface area contributed by atoms with E-state index in [1.807, 2.05) is 97.1 Å². The van der Waals surface area contributed by atoms with E-state index in [4.69, 9.17) is 23.2 Å². The molecule has 0 aliphatic heterocycles. The number of halogens is 2. The topological polar surface area (TPSA) is 63.5 Å². The molecular weight excluding hydrogens is 647 g/mol. The maximum absolute atomic E-state index is 12.5. The number of anilines is 2. The largest absolute Gasteiger partial charge is 0.744 e. The summed E-state index contributed by atoms with van der Waals surface area (Å²) in [4.78, 5) is 2.00. The number of nitrogens with zero attached hydrogens (tertiary/aromatic N) is 2. The zero-order valence-electron chi connectivity index (χ0n) is 26.6. The van der Waals surface area contributed by atoms with Crippen molar-refractivity contribution < 1.29 is 17.5 Å². The second kappa shape index (κ2) is 15.8. The Morgan fingerprint density at radius 1 is 0.723 bits per heavy atom. The molecule has 0 atom stereocenters. The maximum Gasteiger partial charge on any atom is 0.205 e. The highest BCUT2D eigenvalue weighted by Gasteiger charge is 2.21. The molecule has 0 amide bonds. The third-order valence-electron chi connectivity index (χ3n) is 8.11. The molecule has 0 unspecified atom stereocenters. The van der Waals surface area contributed by atoms with E-state index in [2.05, 4.69) is 23.3 Å². The highest BCUT2D eigenvalue weighted by Crippen LogP contribution is 2.36. The van der Waals surface area contributed by atoms with E-state index in [0.29, 0.717) is 21.2 Å². The first-order valence-corrected chi connectivity index (χ1v) is 18.1. The molecule has 4 aromatic carbocycles. The van der Waals surface area contributed by atoms with Crippen LogP contribution in [0.5, 0.6) is 0 Å². The highest BCUT2D eigenvalue weighted by atomic mass is 35.5. The van der Waals surface area contributed by atoms with Gasteiger partial charge < -0.3 is 9.45 Å². The second-order valence-electron chi connectivity index (χ2n) is 11.4. The Labute approximate surface area is 288 Å². The average Bonchev–Trinajstić information content (AvgIpc) is 3.08. The van der Waals surface area contributed by atoms with Crippen LogP contribution >= 0.6 is 23.2 Å². The molecule has 4 aromatic rings. The van der Waals surface area contributed by atoms with E-state index in [1.54, 1.807) is 18.2 Å². The summed E-state index contributed by atoms with van der Waals surface area (Å²) >= 11 is 12.4. The minimum atomic E-state index is -4.75. The quantitative estimate of drug-likeness (QED) is 0.110. The number of hydrogen-bond donors (Lipinski definition) is 0. The van der Waals surface area contributed by atoms with Crippen molar-refractivity contribution in [3.8, 4) is 0 Å². The Morgan fingerprint density at radius 2 is 1.28 bits per heavy atom. The summed E-state index contributed by atoms with van der Waals surface area (Å²) in [7, 11) is -4.75. The van der Waals surface area contributed by atoms with Gasteiger partial charge in [0.1, 0.15) is 16.7 Å². The van der Waals surface area contributed by atoms with E-state index in [1.165, 1.54) is 6.07 Å². The van der Waals surface area contributed by atoms with Crippen LogP contribution in [0.3, 0.4) is 0 Å². The van der Waals surface area contributed by atoms with Crippen molar-refractivity contribution >= 4 is 61.7 Å². The molecule has 8 heteroatoms. The summed E-state index contributed by atoms with van der Waals surface area (Å²) in [5, 5.41) is 1.36. The Morgan fingerprint density at radius 3 is 1.85 bits per heavy atom. The molecule has 1 aliphatic rings. The molecule has 0 spiro atoms. The van der Waals surface area contributed by atoms with Crippen LogP contribution < -0.4 is 4.90 Å². The fourth-order valence-corrected chi connectivity index (χ4v) is 6.61. The smallest absolute Gasteiger partial charge is 0.205 e. The Bertz CT molecular complexity index is 1910. The Balaban J connectivity index is 1.63. The summed E-state index contributed by atoms with van der Waals surface area (Å²) < 4.78 is 39.7. The van der Waals surface area contributed by atoms with Crippen LogP contribution in [0.1, 0.15) is 50.7 Å². The van der Waals surface area contributed by atoms with Gasteiger partial charge in [0.2, 0.25) is 11.4 Å². The minimum Gasteiger partial charge on any atom is -0.744 e. The summed E-state index contributed by atoms with van der Waals surface area (Å²) in [5.74, 6) is 0. The molecule has 242 valence electrons. The molecule has 47 heavy (non-hydrogen) atoms. The van der Waals surface area contributed by atoms with Crippen LogP contribution in [0.2, 0.25) is 10.0 Å². The van der Waals surface area contributed by atoms with Crippen molar-refractivity contribution in [2.75, 3.05) is 18.0 Å². The summed E-state index contributed by atoms with van der Waals surface area (Å²) in [5.41, 5.74) is 6.68. The summed E-state index contributed by atoms with van der Waals surface area (Å²) in [6.07, 6.45) is 12.2. The van der Waals surface area contributed by atoms with Crippen LogP contribution in [0, 0.1) is 0 Å². The fraction of sp³-hybridized carbons (Fsp3) is 0.205. The van der Waals surface area contributed by atoms with Gasteiger partial charge >= 0.3 is 0 Å². The molecule has 0 saturated heterocycles. The zero-order valence-corrected chi connectivity index (χ0v) is 28.9. The normalized spacial score (nSPS) is 12.8. The van der Waals surface area contributed by atoms with Gasteiger partial charge in [-0.3, -0.25) is 0 Å². The van der Waals surface area contributed by atoms with Crippen LogP contribution in [-0.2, 0) is 10.1 Å². The van der Waals surface area contributed by atoms with E-state index in [-0.39, 0.29) is 4.90 Å². The molecule has 0 radical (unpaired) electrons. The number of allylic oxidation sites excluding steroid dienone is 5. The second-order valence-corrected chi connectivity index (χ2v) is 13.6. The lowest BCUT2D eigenvalue weighted by Crippen LogP contribution is -2.18. The average molecular weight is 686 g/mol. The van der Waals surface area contributed by atoms with Gasteiger partial charge in [-0.15, -0.1) is 0 Å². The van der Waals surface area contributed by atoms with Crippen molar-refractivity contribution in [3.63, 3.8) is 0 Å². The van der Waals surface area contributed by atoms with Crippen LogP contribution in [0.25, 0.3) is 5.57 Å². The third kappa shape index (κ3) is 8.51. The van der Waals surface area contributed by atoms with Gasteiger partial charge in [-0.1, -0.05) is 80.2 Å². The molecule has 0 N–H and O–H groups in total. The first kappa shape index (κ1) is 34.4. The highest BCUT2D eigenvalue weighted by molar-refractivity contribution is 7.85. The molecular formula is C39H38Cl2N2O3S. The van der Waals surface area contributed by atoms with Crippen molar-refractivity contribution in [2.45, 2.75) is 44.4 Å². The van der Waals surface area contributed by atoms with Crippen LogP contribution in [-0.4, -0.2) is 36.3 Å². The monoisotopic (exact) mass is 684 g/mol. The van der Waals surface area contributed by atoms with E-state index < -0.39 is 10.1 Å². The van der Waals surface area contributed by atoms with Crippen molar-refractivity contribution in [1.82, 2.24) is 0 Å². The van der Waals surface area contributed by atoms with Gasteiger partial charge in [-0.05, 0) is 89.9 Å². The molecule has 5 nitrogen and oxygen atoms in total. The van der Waals surface area contributed by atoms with Crippen LogP contribution in [0.15, 0.2) is 132 Å². The number of benzene rings is 4. The molecule has 0 aromatic heterocycles. The fourth-order valence-electron chi connectivity index (χ4n) is 5.67. The molecule has 5 rings (SSSR count). The van der Waals surface area contributed by atoms with Gasteiger partial charge in [0.15, 0.2) is 0 Å². The van der Waals surface area contributed by atoms with Crippen LogP contribution in [0.4, 0.5) is 17.1 Å². The van der Waals surface area contributed by atoms with E-state index in [0.717, 1.165) is 72.7 Å². The van der Waals surface area contributed by atoms with Gasteiger partial charge in [0, 0.05) is 64.2 Å². The number of unbranched alkanes of at least 4 members (excludes halogenated alkanes) is 2. The first-order chi connectivity index (χ1) is 22.7. The lowest BCUT2D eigenvalue weighted by atomic mass is 9.90. The lowest BCUT2D eigenvalue weighted by molar-refractivity contribution is -0.439. The Hall–Kier alpha value is -3.94. The first-order valence-electron chi connectivity index (χ1n) is 15.9. The predicted octanol–water partition coefficient (Wildman–Crippen LogP) is 10.3. The lowest BCUT2D eigenvalue weighted by Gasteiger charge is -2.26. The minimum absolute atomic E-state index is 0.250. The molecule has 0 saturated carbocycles. The molecule has 1 aliphatic carbocycles. The van der Waals surface area contributed by atoms with Gasteiger partial charge in [0.05, 0.1) is 4.90 Å². The van der Waals surface area contributed by atoms with Gasteiger partial charge in [-0.25, -0.2) is 8.42 Å². The maximum atomic E-state index is 12.5. The van der Waals surface area contributed by atoms with Crippen molar-refractivity contribution in [2.24, 2.45) is 0 Å². The standard InChI is InChI=1S/C39H38Cl2N2O3S/c1-3-5-27-42(35-23-15-31(40)16-24-35)33-19-11-29(12-20-33)39(37-9-7-8-10-38(37)47(44,45)46)30-13-21-34(22-14-30)43(28-6-4-2)36-25-17-32(41)18-26-36/h7-26H,3-6,27-28H2,1-2H3. The van der Waals surface area contributed by atoms with Crippen molar-refractivity contribution in [1.29, 1.82) is 0 Å². The zero-order chi connectivity index (χ0) is 33.4. The Kier molecular flexibility index (Phi) is 11.5. The number of hydrogen-bond acceptors (Lipinski definition) is 4. The third-order valence-corrected chi connectivity index (χ3v) is 9.51. The van der Waals surface area contributed by atoms with E-state index >= 15 is 0 Å². The van der Waals surface area contributed by atoms with Gasteiger partial charge in [0.25, 0.3) is 0 Å². The predicted molar refractivity (Wildman–Crippen MR) is 195 cm³/mol. The van der Waals surface area contributed by atoms with E-state index in [9.17, 15) is 13.0 Å². The molecule has 0 fully saturated rings. The van der Waals surface area contributed by atoms with Gasteiger partial charge in [-0.2, -0.15) is 4.58 Å².